The van der Waals surface area contributed by atoms with Crippen LogP contribution in [0.15, 0.2) is 18.6 Å². The third-order valence-electron chi connectivity index (χ3n) is 4.74. The predicted molar refractivity (Wildman–Crippen MR) is 83.4 cm³/mol. The van der Waals surface area contributed by atoms with Crippen molar-refractivity contribution in [3.8, 4) is 0 Å². The van der Waals surface area contributed by atoms with Crippen LogP contribution in [-0.4, -0.2) is 51.5 Å². The number of imidazole rings is 1. The second-order valence-corrected chi connectivity index (χ2v) is 6.13. The molecule has 21 heavy (non-hydrogen) atoms. The Morgan fingerprint density at radius 1 is 1.14 bits per heavy atom. The number of piperidine rings is 1. The molecule has 0 saturated carbocycles. The van der Waals surface area contributed by atoms with E-state index < -0.39 is 0 Å². The molecule has 0 amide bonds. The molecule has 2 N–H and O–H groups in total. The van der Waals surface area contributed by atoms with Crippen LogP contribution in [0, 0.1) is 0 Å². The average molecular weight is 286 g/mol. The van der Waals surface area contributed by atoms with Gasteiger partial charge in [-0.25, -0.2) is 9.97 Å². The van der Waals surface area contributed by atoms with Gasteiger partial charge in [-0.2, -0.15) is 0 Å². The van der Waals surface area contributed by atoms with E-state index >= 15 is 0 Å². The van der Waals surface area contributed by atoms with Crippen LogP contribution in [0.25, 0.3) is 5.65 Å². The van der Waals surface area contributed by atoms with E-state index in [9.17, 15) is 0 Å². The minimum atomic E-state index is 0.553. The summed E-state index contributed by atoms with van der Waals surface area (Å²) < 4.78 is 1.96. The molecule has 0 radical (unpaired) electrons. The lowest BCUT2D eigenvalue weighted by molar-refractivity contribution is 0.175. The predicted octanol–water partition coefficient (Wildman–Crippen LogP) is 1.38. The van der Waals surface area contributed by atoms with Crippen molar-refractivity contribution < 1.29 is 0 Å². The first-order valence-electron chi connectivity index (χ1n) is 7.89. The number of rotatable bonds is 2. The first kappa shape index (κ1) is 12.9. The molecule has 2 fully saturated rings. The minimum absolute atomic E-state index is 0.553. The Balaban J connectivity index is 1.57. The van der Waals surface area contributed by atoms with Crippen LogP contribution in [0.3, 0.4) is 0 Å². The molecule has 1 atom stereocenters. The molecule has 0 bridgehead atoms. The zero-order chi connectivity index (χ0) is 14.2. The van der Waals surface area contributed by atoms with Crippen molar-refractivity contribution in [2.24, 2.45) is 0 Å². The molecule has 0 spiro atoms. The second-order valence-electron chi connectivity index (χ2n) is 6.13. The lowest BCUT2D eigenvalue weighted by Crippen LogP contribution is -2.41. The van der Waals surface area contributed by atoms with Gasteiger partial charge in [0, 0.05) is 31.5 Å². The smallest absolute Gasteiger partial charge is 0.180 e. The van der Waals surface area contributed by atoms with Crippen LogP contribution >= 0.6 is 0 Å². The molecule has 6 nitrogen and oxygen atoms in total. The third kappa shape index (κ3) is 2.33. The largest absolute Gasteiger partial charge is 0.382 e. The highest BCUT2D eigenvalue weighted by Gasteiger charge is 2.30. The molecule has 1 unspecified atom stereocenters. The number of likely N-dealkylation sites (tertiary alicyclic amines) is 1. The van der Waals surface area contributed by atoms with Crippen molar-refractivity contribution in [2.45, 2.75) is 31.7 Å². The lowest BCUT2D eigenvalue weighted by Gasteiger charge is -2.32. The van der Waals surface area contributed by atoms with Crippen molar-refractivity contribution in [3.05, 3.63) is 18.6 Å². The summed E-state index contributed by atoms with van der Waals surface area (Å²) in [7, 11) is 0. The highest BCUT2D eigenvalue weighted by atomic mass is 15.3. The van der Waals surface area contributed by atoms with Crippen molar-refractivity contribution in [3.63, 3.8) is 0 Å². The van der Waals surface area contributed by atoms with E-state index in [1.54, 1.807) is 6.20 Å². The van der Waals surface area contributed by atoms with Crippen LogP contribution < -0.4 is 10.6 Å². The molecule has 2 aliphatic rings. The van der Waals surface area contributed by atoms with Crippen molar-refractivity contribution in [2.75, 3.05) is 36.8 Å². The number of aromatic nitrogens is 3. The molecular weight excluding hydrogens is 264 g/mol. The molecule has 4 rings (SSSR count). The Morgan fingerprint density at radius 3 is 2.86 bits per heavy atom. The van der Waals surface area contributed by atoms with E-state index in [1.807, 2.05) is 16.8 Å². The molecule has 0 aromatic carbocycles. The van der Waals surface area contributed by atoms with Crippen molar-refractivity contribution in [1.29, 1.82) is 0 Å². The van der Waals surface area contributed by atoms with E-state index in [0.29, 0.717) is 11.9 Å². The second kappa shape index (κ2) is 5.18. The van der Waals surface area contributed by atoms with Gasteiger partial charge < -0.3 is 15.0 Å². The first-order valence-corrected chi connectivity index (χ1v) is 7.89. The number of hydrogen-bond acceptors (Lipinski definition) is 5. The van der Waals surface area contributed by atoms with Gasteiger partial charge in [0.1, 0.15) is 5.82 Å². The van der Waals surface area contributed by atoms with Gasteiger partial charge in [0.15, 0.2) is 11.5 Å². The standard InChI is InChI=1S/C15H22N6/c16-13-11-21-9-5-17-14(21)15(18-13)20-8-4-12(10-20)19-6-2-1-3-7-19/h5,9,11-12H,1-4,6-8,10,16H2. The van der Waals surface area contributed by atoms with E-state index in [1.165, 1.54) is 38.8 Å². The van der Waals surface area contributed by atoms with E-state index in [4.69, 9.17) is 5.73 Å². The van der Waals surface area contributed by atoms with Crippen LogP contribution in [-0.2, 0) is 0 Å². The maximum absolute atomic E-state index is 5.93. The van der Waals surface area contributed by atoms with Gasteiger partial charge in [0.25, 0.3) is 0 Å². The van der Waals surface area contributed by atoms with Gasteiger partial charge in [0.05, 0.1) is 6.20 Å². The van der Waals surface area contributed by atoms with Gasteiger partial charge in [-0.15, -0.1) is 0 Å². The number of nitrogens with two attached hydrogens (primary N) is 1. The fraction of sp³-hybridized carbons (Fsp3) is 0.600. The third-order valence-corrected chi connectivity index (χ3v) is 4.74. The Kier molecular flexibility index (Phi) is 3.18. The number of nitrogens with zero attached hydrogens (tertiary/aromatic N) is 5. The minimum Gasteiger partial charge on any atom is -0.382 e. The Bertz CT molecular complexity index is 630. The Labute approximate surface area is 124 Å². The number of hydrogen-bond donors (Lipinski definition) is 1. The summed E-state index contributed by atoms with van der Waals surface area (Å²) in [6, 6.07) is 0.656. The molecule has 6 heteroatoms. The Morgan fingerprint density at radius 2 is 2.00 bits per heavy atom. The Hall–Kier alpha value is -1.82. The average Bonchev–Trinajstić information content (AvgIpc) is 3.16. The number of nitrogen functional groups attached to an aromatic ring is 1. The lowest BCUT2D eigenvalue weighted by atomic mass is 10.1. The fourth-order valence-corrected chi connectivity index (χ4v) is 3.66. The van der Waals surface area contributed by atoms with Crippen LogP contribution in [0.2, 0.25) is 0 Å². The SMILES string of the molecule is Nc1cn2ccnc2c(N2CCC(N3CCCCC3)C2)n1. The normalized spacial score (nSPS) is 24.0. The highest BCUT2D eigenvalue weighted by molar-refractivity contribution is 5.66. The van der Waals surface area contributed by atoms with Gasteiger partial charge in [-0.3, -0.25) is 4.90 Å². The molecule has 2 aromatic heterocycles. The van der Waals surface area contributed by atoms with Gasteiger partial charge in [-0.1, -0.05) is 6.42 Å². The van der Waals surface area contributed by atoms with E-state index in [2.05, 4.69) is 19.8 Å². The van der Waals surface area contributed by atoms with Gasteiger partial charge in [-0.05, 0) is 32.4 Å². The molecule has 0 aliphatic carbocycles. The van der Waals surface area contributed by atoms with E-state index in [0.717, 1.165) is 24.6 Å². The fourth-order valence-electron chi connectivity index (χ4n) is 3.66. The monoisotopic (exact) mass is 286 g/mol. The summed E-state index contributed by atoms with van der Waals surface area (Å²) in [4.78, 5) is 14.0. The maximum Gasteiger partial charge on any atom is 0.180 e. The van der Waals surface area contributed by atoms with Crippen molar-refractivity contribution >= 4 is 17.3 Å². The first-order chi connectivity index (χ1) is 10.3. The molecule has 2 saturated heterocycles. The zero-order valence-corrected chi connectivity index (χ0v) is 12.3. The topological polar surface area (TPSA) is 62.7 Å². The maximum atomic E-state index is 5.93. The van der Waals surface area contributed by atoms with Crippen LogP contribution in [0.4, 0.5) is 11.6 Å². The summed E-state index contributed by atoms with van der Waals surface area (Å²) in [5, 5.41) is 0. The van der Waals surface area contributed by atoms with Gasteiger partial charge in [0.2, 0.25) is 0 Å². The van der Waals surface area contributed by atoms with Crippen LogP contribution in [0.1, 0.15) is 25.7 Å². The molecule has 112 valence electrons. The van der Waals surface area contributed by atoms with Gasteiger partial charge >= 0.3 is 0 Å². The summed E-state index contributed by atoms with van der Waals surface area (Å²) in [6.07, 6.45) is 10.8. The summed E-state index contributed by atoms with van der Waals surface area (Å²) in [5.74, 6) is 1.48. The summed E-state index contributed by atoms with van der Waals surface area (Å²) in [6.45, 7) is 4.59. The van der Waals surface area contributed by atoms with E-state index in [-0.39, 0.29) is 0 Å². The molecule has 2 aliphatic heterocycles. The summed E-state index contributed by atoms with van der Waals surface area (Å²) in [5.41, 5.74) is 6.84. The highest BCUT2D eigenvalue weighted by Crippen LogP contribution is 2.26. The molecule has 4 heterocycles. The summed E-state index contributed by atoms with van der Waals surface area (Å²) >= 11 is 0. The molecule has 2 aromatic rings. The van der Waals surface area contributed by atoms with Crippen LogP contribution in [0.5, 0.6) is 0 Å². The number of fused-ring (bicyclic) bond motifs is 1. The zero-order valence-electron chi connectivity index (χ0n) is 12.3. The molecular formula is C15H22N6. The van der Waals surface area contributed by atoms with Crippen molar-refractivity contribution in [1.82, 2.24) is 19.3 Å². The number of anilines is 2. The quantitative estimate of drug-likeness (QED) is 0.903.